The molecule has 4 N–H and O–H groups in total. The molecule has 17 heavy (non-hydrogen) atoms. The lowest BCUT2D eigenvalue weighted by atomic mass is 9.81. The van der Waals surface area contributed by atoms with Gasteiger partial charge in [0.05, 0.1) is 11.3 Å². The monoisotopic (exact) mass is 243 g/mol. The summed E-state index contributed by atoms with van der Waals surface area (Å²) in [6.45, 7) is 12.0. The summed E-state index contributed by atoms with van der Waals surface area (Å²) in [4.78, 5) is 0. The van der Waals surface area contributed by atoms with E-state index >= 15 is 0 Å². The molecule has 0 aromatic carbocycles. The second-order valence-electron chi connectivity index (χ2n) is 5.29. The summed E-state index contributed by atoms with van der Waals surface area (Å²) in [5, 5.41) is 15.8. The lowest BCUT2D eigenvalue weighted by Gasteiger charge is -2.36. The normalized spacial score (nSPS) is 14.1. The standard InChI is InChI=1S/C13H29N3O/c1-6-11(16-17)12(4,5)15-10-13(7-2,8-3)9-14/h15,17H,6-10,14H2,1-5H3. The van der Waals surface area contributed by atoms with Gasteiger partial charge in [-0.05, 0) is 45.1 Å². The second-order valence-corrected chi connectivity index (χ2v) is 5.29. The number of oxime groups is 1. The predicted octanol–water partition coefficient (Wildman–Crippen LogP) is 2.36. The first-order chi connectivity index (χ1) is 7.91. The number of rotatable bonds is 8. The average molecular weight is 243 g/mol. The van der Waals surface area contributed by atoms with Gasteiger partial charge in [-0.25, -0.2) is 0 Å². The topological polar surface area (TPSA) is 70.6 Å². The quantitative estimate of drug-likeness (QED) is 0.348. The Morgan fingerprint density at radius 1 is 1.24 bits per heavy atom. The van der Waals surface area contributed by atoms with Crippen LogP contribution < -0.4 is 11.1 Å². The fraction of sp³-hybridized carbons (Fsp3) is 0.923. The number of hydrogen-bond acceptors (Lipinski definition) is 4. The molecule has 0 spiro atoms. The summed E-state index contributed by atoms with van der Waals surface area (Å²) in [6.07, 6.45) is 2.85. The van der Waals surface area contributed by atoms with E-state index in [1.807, 2.05) is 20.8 Å². The summed E-state index contributed by atoms with van der Waals surface area (Å²) >= 11 is 0. The van der Waals surface area contributed by atoms with Crippen LogP contribution in [0.4, 0.5) is 0 Å². The van der Waals surface area contributed by atoms with Crippen molar-refractivity contribution in [2.45, 2.75) is 59.4 Å². The molecule has 0 aliphatic rings. The van der Waals surface area contributed by atoms with Crippen LogP contribution in [0.5, 0.6) is 0 Å². The molecular formula is C13H29N3O. The third-order valence-electron chi connectivity index (χ3n) is 4.02. The molecule has 0 saturated heterocycles. The summed E-state index contributed by atoms with van der Waals surface area (Å²) in [5.41, 5.74) is 6.51. The highest BCUT2D eigenvalue weighted by molar-refractivity contribution is 5.92. The van der Waals surface area contributed by atoms with E-state index in [-0.39, 0.29) is 11.0 Å². The van der Waals surface area contributed by atoms with Crippen LogP contribution in [-0.2, 0) is 0 Å². The zero-order chi connectivity index (χ0) is 13.5. The van der Waals surface area contributed by atoms with E-state index in [9.17, 15) is 0 Å². The first-order valence-electron chi connectivity index (χ1n) is 6.57. The largest absolute Gasteiger partial charge is 0.411 e. The Hall–Kier alpha value is -0.610. The van der Waals surface area contributed by atoms with Gasteiger partial charge in [0.1, 0.15) is 0 Å². The summed E-state index contributed by atoms with van der Waals surface area (Å²) < 4.78 is 0. The molecular weight excluding hydrogens is 214 g/mol. The fourth-order valence-corrected chi connectivity index (χ4v) is 2.01. The lowest BCUT2D eigenvalue weighted by Crippen LogP contribution is -2.52. The van der Waals surface area contributed by atoms with Crippen molar-refractivity contribution < 1.29 is 5.21 Å². The molecule has 0 aliphatic heterocycles. The second kappa shape index (κ2) is 6.97. The predicted molar refractivity (Wildman–Crippen MR) is 73.7 cm³/mol. The Balaban J connectivity index is 4.63. The molecule has 4 nitrogen and oxygen atoms in total. The van der Waals surface area contributed by atoms with Crippen LogP contribution in [0.1, 0.15) is 53.9 Å². The first kappa shape index (κ1) is 16.4. The van der Waals surface area contributed by atoms with Gasteiger partial charge in [0.15, 0.2) is 0 Å². The minimum Gasteiger partial charge on any atom is -0.411 e. The Morgan fingerprint density at radius 3 is 2.06 bits per heavy atom. The van der Waals surface area contributed by atoms with Crippen molar-refractivity contribution in [2.24, 2.45) is 16.3 Å². The van der Waals surface area contributed by atoms with Crippen molar-refractivity contribution in [3.8, 4) is 0 Å². The lowest BCUT2D eigenvalue weighted by molar-refractivity contribution is 0.239. The maximum atomic E-state index is 8.99. The zero-order valence-electron chi connectivity index (χ0n) is 12.0. The Labute approximate surface area is 106 Å². The van der Waals surface area contributed by atoms with Gasteiger partial charge >= 0.3 is 0 Å². The van der Waals surface area contributed by atoms with Crippen LogP contribution in [0, 0.1) is 5.41 Å². The summed E-state index contributed by atoms with van der Waals surface area (Å²) in [5.74, 6) is 0. The molecule has 4 heteroatoms. The number of hydrogen-bond donors (Lipinski definition) is 3. The van der Waals surface area contributed by atoms with Crippen LogP contribution in [0.15, 0.2) is 5.16 Å². The van der Waals surface area contributed by atoms with E-state index in [0.717, 1.165) is 31.5 Å². The molecule has 0 bridgehead atoms. The molecule has 0 radical (unpaired) electrons. The molecule has 0 aliphatic carbocycles. The number of nitrogens with two attached hydrogens (primary N) is 1. The van der Waals surface area contributed by atoms with Crippen LogP contribution in [0.2, 0.25) is 0 Å². The van der Waals surface area contributed by atoms with Crippen molar-refractivity contribution in [3.63, 3.8) is 0 Å². The van der Waals surface area contributed by atoms with Crippen LogP contribution >= 0.6 is 0 Å². The highest BCUT2D eigenvalue weighted by Crippen LogP contribution is 2.25. The first-order valence-corrected chi connectivity index (χ1v) is 6.57. The van der Waals surface area contributed by atoms with E-state index in [1.54, 1.807) is 0 Å². The highest BCUT2D eigenvalue weighted by atomic mass is 16.4. The van der Waals surface area contributed by atoms with Crippen molar-refractivity contribution in [1.82, 2.24) is 5.32 Å². The molecule has 0 amide bonds. The third-order valence-corrected chi connectivity index (χ3v) is 4.02. The minimum absolute atomic E-state index is 0.144. The third kappa shape index (κ3) is 4.28. The van der Waals surface area contributed by atoms with E-state index in [2.05, 4.69) is 24.3 Å². The molecule has 0 aromatic rings. The Morgan fingerprint density at radius 2 is 1.76 bits per heavy atom. The molecule has 0 atom stereocenters. The van der Waals surface area contributed by atoms with Gasteiger partial charge in [-0.15, -0.1) is 0 Å². The van der Waals surface area contributed by atoms with Gasteiger partial charge in [0.25, 0.3) is 0 Å². The van der Waals surface area contributed by atoms with Crippen LogP contribution in [0.25, 0.3) is 0 Å². The highest BCUT2D eigenvalue weighted by Gasteiger charge is 2.30. The maximum absolute atomic E-state index is 8.99. The fourth-order valence-electron chi connectivity index (χ4n) is 2.01. The van der Waals surface area contributed by atoms with Gasteiger partial charge < -0.3 is 16.3 Å². The van der Waals surface area contributed by atoms with Crippen molar-refractivity contribution >= 4 is 5.71 Å². The SMILES string of the molecule is CCC(=NO)C(C)(C)NCC(CC)(CC)CN. The van der Waals surface area contributed by atoms with E-state index < -0.39 is 0 Å². The summed E-state index contributed by atoms with van der Waals surface area (Å²) in [6, 6.07) is 0. The smallest absolute Gasteiger partial charge is 0.0762 e. The van der Waals surface area contributed by atoms with Gasteiger partial charge in [-0.1, -0.05) is 25.9 Å². The van der Waals surface area contributed by atoms with Crippen LogP contribution in [-0.4, -0.2) is 29.5 Å². The zero-order valence-corrected chi connectivity index (χ0v) is 12.0. The van der Waals surface area contributed by atoms with Gasteiger partial charge in [-0.2, -0.15) is 0 Å². The molecule has 0 heterocycles. The molecule has 0 aromatic heterocycles. The average Bonchev–Trinajstić information content (AvgIpc) is 2.33. The van der Waals surface area contributed by atoms with Crippen molar-refractivity contribution in [3.05, 3.63) is 0 Å². The van der Waals surface area contributed by atoms with Gasteiger partial charge in [-0.3, -0.25) is 0 Å². The molecule has 0 rings (SSSR count). The van der Waals surface area contributed by atoms with E-state index in [0.29, 0.717) is 6.54 Å². The minimum atomic E-state index is -0.283. The van der Waals surface area contributed by atoms with E-state index in [1.165, 1.54) is 0 Å². The van der Waals surface area contributed by atoms with Gasteiger partial charge in [0.2, 0.25) is 0 Å². The van der Waals surface area contributed by atoms with Gasteiger partial charge in [0, 0.05) is 6.54 Å². The van der Waals surface area contributed by atoms with E-state index in [4.69, 9.17) is 10.9 Å². The molecule has 0 unspecified atom stereocenters. The Bertz CT molecular complexity index is 237. The maximum Gasteiger partial charge on any atom is 0.0762 e. The van der Waals surface area contributed by atoms with Crippen molar-refractivity contribution in [1.29, 1.82) is 0 Å². The summed E-state index contributed by atoms with van der Waals surface area (Å²) in [7, 11) is 0. The molecule has 0 saturated carbocycles. The number of nitrogens with zero attached hydrogens (tertiary/aromatic N) is 1. The number of nitrogens with one attached hydrogen (secondary N) is 1. The van der Waals surface area contributed by atoms with Crippen LogP contribution in [0.3, 0.4) is 0 Å². The molecule has 102 valence electrons. The molecule has 0 fully saturated rings. The van der Waals surface area contributed by atoms with Crippen molar-refractivity contribution in [2.75, 3.05) is 13.1 Å². The Kier molecular flexibility index (Phi) is 6.72.